The van der Waals surface area contributed by atoms with Gasteiger partial charge < -0.3 is 9.73 Å². The second kappa shape index (κ2) is 6.04. The quantitative estimate of drug-likeness (QED) is 0.424. The van der Waals surface area contributed by atoms with Crippen LogP contribution in [0, 0.1) is 17.0 Å². The third kappa shape index (κ3) is 3.29. The van der Waals surface area contributed by atoms with Crippen LogP contribution in [-0.2, 0) is 4.79 Å². The number of aromatic nitrogens is 4. The van der Waals surface area contributed by atoms with Gasteiger partial charge in [-0.2, -0.15) is 4.52 Å². The van der Waals surface area contributed by atoms with Crippen LogP contribution >= 0.6 is 11.8 Å². The summed E-state index contributed by atoms with van der Waals surface area (Å²) in [4.78, 5) is 22.1. The lowest BCUT2D eigenvalue weighted by molar-refractivity contribution is -0.384. The Morgan fingerprint density at radius 3 is 3.04 bits per heavy atom. The molecule has 118 valence electrons. The molecule has 3 rings (SSSR count). The SMILES string of the molecule is Cc1cc([N+](=O)[O-])ccc1NC(=O)CSc1nn2cnnc2o1. The first kappa shape index (κ1) is 15.0. The van der Waals surface area contributed by atoms with Crippen LogP contribution in [0.1, 0.15) is 5.56 Å². The fourth-order valence-corrected chi connectivity index (χ4v) is 2.42. The van der Waals surface area contributed by atoms with Crippen molar-refractivity contribution in [3.05, 3.63) is 40.2 Å². The van der Waals surface area contributed by atoms with Crippen LogP contribution in [0.4, 0.5) is 11.4 Å². The van der Waals surface area contributed by atoms with E-state index < -0.39 is 4.92 Å². The van der Waals surface area contributed by atoms with Crippen molar-refractivity contribution in [3.8, 4) is 0 Å². The van der Waals surface area contributed by atoms with Gasteiger partial charge in [-0.25, -0.2) is 0 Å². The third-order valence-corrected chi connectivity index (χ3v) is 3.71. The maximum Gasteiger partial charge on any atom is 0.345 e. The number of non-ortho nitro benzene ring substituents is 1. The van der Waals surface area contributed by atoms with Crippen molar-refractivity contribution >= 4 is 34.9 Å². The largest absolute Gasteiger partial charge is 0.396 e. The molecular formula is C12H10N6O4S. The number of nitrogens with one attached hydrogen (secondary N) is 1. The molecule has 1 aromatic carbocycles. The Morgan fingerprint density at radius 1 is 1.52 bits per heavy atom. The minimum absolute atomic E-state index is 0.0217. The summed E-state index contributed by atoms with van der Waals surface area (Å²) in [5.41, 5.74) is 1.11. The van der Waals surface area contributed by atoms with Gasteiger partial charge in [0.05, 0.1) is 10.7 Å². The molecule has 0 fully saturated rings. The average molecular weight is 334 g/mol. The van der Waals surface area contributed by atoms with E-state index in [9.17, 15) is 14.9 Å². The highest BCUT2D eigenvalue weighted by Crippen LogP contribution is 2.22. The molecule has 1 N–H and O–H groups in total. The number of carbonyl (C=O) groups is 1. The van der Waals surface area contributed by atoms with E-state index in [1.54, 1.807) is 6.92 Å². The molecule has 10 nitrogen and oxygen atoms in total. The van der Waals surface area contributed by atoms with Crippen molar-refractivity contribution in [2.75, 3.05) is 11.1 Å². The van der Waals surface area contributed by atoms with Crippen molar-refractivity contribution in [1.82, 2.24) is 19.8 Å². The van der Waals surface area contributed by atoms with Gasteiger partial charge in [-0.1, -0.05) is 16.9 Å². The molecule has 0 saturated carbocycles. The van der Waals surface area contributed by atoms with Crippen molar-refractivity contribution in [2.45, 2.75) is 12.1 Å². The van der Waals surface area contributed by atoms with Crippen LogP contribution in [0.3, 0.4) is 0 Å². The molecule has 23 heavy (non-hydrogen) atoms. The normalized spacial score (nSPS) is 10.8. The number of benzene rings is 1. The number of hydrogen-bond donors (Lipinski definition) is 1. The summed E-state index contributed by atoms with van der Waals surface area (Å²) >= 11 is 1.11. The van der Waals surface area contributed by atoms with Crippen LogP contribution in [0.5, 0.6) is 0 Å². The molecule has 0 aliphatic rings. The van der Waals surface area contributed by atoms with Crippen LogP contribution in [0.15, 0.2) is 34.2 Å². The van der Waals surface area contributed by atoms with Gasteiger partial charge in [0, 0.05) is 17.8 Å². The lowest BCUT2D eigenvalue weighted by Gasteiger charge is -2.07. The molecule has 0 radical (unpaired) electrons. The first-order chi connectivity index (χ1) is 11.0. The zero-order chi connectivity index (χ0) is 16.4. The topological polar surface area (TPSA) is 128 Å². The van der Waals surface area contributed by atoms with Crippen molar-refractivity contribution < 1.29 is 14.1 Å². The van der Waals surface area contributed by atoms with Gasteiger partial charge in [-0.05, 0) is 18.6 Å². The van der Waals surface area contributed by atoms with E-state index in [0.29, 0.717) is 16.5 Å². The van der Waals surface area contributed by atoms with Crippen LogP contribution < -0.4 is 5.32 Å². The van der Waals surface area contributed by atoms with Gasteiger partial charge in [0.15, 0.2) is 0 Å². The molecule has 1 amide bonds. The minimum atomic E-state index is -0.484. The highest BCUT2D eigenvalue weighted by Gasteiger charge is 2.13. The Morgan fingerprint density at radius 2 is 2.35 bits per heavy atom. The maximum atomic E-state index is 11.9. The van der Waals surface area contributed by atoms with Crippen LogP contribution in [-0.4, -0.2) is 36.4 Å². The number of aryl methyl sites for hydroxylation is 1. The van der Waals surface area contributed by atoms with E-state index in [2.05, 4.69) is 20.6 Å². The van der Waals surface area contributed by atoms with Gasteiger partial charge in [-0.15, -0.1) is 10.2 Å². The van der Waals surface area contributed by atoms with Gasteiger partial charge >= 0.3 is 5.84 Å². The van der Waals surface area contributed by atoms with E-state index in [4.69, 9.17) is 4.42 Å². The van der Waals surface area contributed by atoms with Crippen molar-refractivity contribution in [1.29, 1.82) is 0 Å². The predicted molar refractivity (Wildman–Crippen MR) is 80.2 cm³/mol. The summed E-state index contributed by atoms with van der Waals surface area (Å²) < 4.78 is 6.62. The maximum absolute atomic E-state index is 11.9. The number of thioether (sulfide) groups is 1. The highest BCUT2D eigenvalue weighted by molar-refractivity contribution is 7.99. The van der Waals surface area contributed by atoms with E-state index in [-0.39, 0.29) is 23.2 Å². The predicted octanol–water partition coefficient (Wildman–Crippen LogP) is 1.66. The lowest BCUT2D eigenvalue weighted by atomic mass is 10.2. The van der Waals surface area contributed by atoms with Crippen LogP contribution in [0.25, 0.3) is 5.84 Å². The summed E-state index contributed by atoms with van der Waals surface area (Å²) in [6.45, 7) is 1.69. The van der Waals surface area contributed by atoms with Crippen molar-refractivity contribution in [2.24, 2.45) is 0 Å². The number of hydrogen-bond acceptors (Lipinski definition) is 8. The smallest absolute Gasteiger partial charge is 0.345 e. The highest BCUT2D eigenvalue weighted by atomic mass is 32.2. The third-order valence-electron chi connectivity index (χ3n) is 2.89. The summed E-state index contributed by atoms with van der Waals surface area (Å²) in [5.74, 6) is 0.0492. The second-order valence-corrected chi connectivity index (χ2v) is 5.45. The number of nitro benzene ring substituents is 1. The van der Waals surface area contributed by atoms with E-state index in [1.807, 2.05) is 0 Å². The van der Waals surface area contributed by atoms with Crippen molar-refractivity contribution in [3.63, 3.8) is 0 Å². The zero-order valence-electron chi connectivity index (χ0n) is 11.8. The average Bonchev–Trinajstić information content (AvgIpc) is 3.08. The molecule has 0 aliphatic heterocycles. The number of fused-ring (bicyclic) bond motifs is 1. The van der Waals surface area contributed by atoms with Gasteiger partial charge in [0.25, 0.3) is 10.9 Å². The van der Waals surface area contributed by atoms with Gasteiger partial charge in [0.2, 0.25) is 5.91 Å². The summed E-state index contributed by atoms with van der Waals surface area (Å²) in [6, 6.07) is 4.24. The lowest BCUT2D eigenvalue weighted by Crippen LogP contribution is -2.14. The Bertz CT molecular complexity index is 860. The molecule has 0 bridgehead atoms. The first-order valence-electron chi connectivity index (χ1n) is 6.37. The standard InChI is InChI=1S/C12H10N6O4S/c1-7-4-8(18(20)21)2-3-9(7)14-10(19)5-23-12-16-17-6-13-15-11(17)22-12/h2-4,6H,5H2,1H3,(H,14,19). The van der Waals surface area contributed by atoms with Gasteiger partial charge in [0.1, 0.15) is 6.33 Å². The zero-order valence-corrected chi connectivity index (χ0v) is 12.6. The van der Waals surface area contributed by atoms with Crippen LogP contribution in [0.2, 0.25) is 0 Å². The Labute approximate surface area is 133 Å². The molecule has 2 aromatic heterocycles. The number of nitro groups is 1. The molecule has 0 spiro atoms. The van der Waals surface area contributed by atoms with E-state index in [1.165, 1.54) is 29.0 Å². The Balaban J connectivity index is 1.60. The number of amides is 1. The molecule has 3 aromatic rings. The molecule has 0 saturated heterocycles. The number of nitrogens with zero attached hydrogens (tertiary/aromatic N) is 5. The fraction of sp³-hybridized carbons (Fsp3) is 0.167. The molecule has 0 aliphatic carbocycles. The summed E-state index contributed by atoms with van der Waals surface area (Å²) in [7, 11) is 0. The number of carbonyl (C=O) groups excluding carboxylic acids is 1. The van der Waals surface area contributed by atoms with E-state index >= 15 is 0 Å². The summed E-state index contributed by atoms with van der Waals surface area (Å²) in [5, 5.41) is 25.0. The monoisotopic (exact) mass is 334 g/mol. The van der Waals surface area contributed by atoms with Gasteiger partial charge in [-0.3, -0.25) is 14.9 Å². The number of anilines is 1. The number of rotatable bonds is 5. The summed E-state index contributed by atoms with van der Waals surface area (Å²) in [6.07, 6.45) is 1.39. The second-order valence-electron chi connectivity index (χ2n) is 4.52. The molecule has 0 unspecified atom stereocenters. The fourth-order valence-electron chi connectivity index (χ4n) is 1.82. The Kier molecular flexibility index (Phi) is 3.93. The molecule has 0 atom stereocenters. The first-order valence-corrected chi connectivity index (χ1v) is 7.36. The Hall–Kier alpha value is -2.95. The molecule has 11 heteroatoms. The molecule has 2 heterocycles. The molecular weight excluding hydrogens is 324 g/mol. The van der Waals surface area contributed by atoms with E-state index in [0.717, 1.165) is 11.8 Å². The minimum Gasteiger partial charge on any atom is -0.396 e.